The van der Waals surface area contributed by atoms with Crippen molar-refractivity contribution in [2.24, 2.45) is 5.92 Å². The van der Waals surface area contributed by atoms with Crippen LogP contribution >= 0.6 is 0 Å². The summed E-state index contributed by atoms with van der Waals surface area (Å²) in [6.07, 6.45) is 1.52. The Labute approximate surface area is 91.6 Å². The van der Waals surface area contributed by atoms with Gasteiger partial charge in [-0.1, -0.05) is 13.8 Å². The summed E-state index contributed by atoms with van der Waals surface area (Å²) in [6, 6.07) is -0.184. The smallest absolute Gasteiger partial charge is 0.239 e. The summed E-state index contributed by atoms with van der Waals surface area (Å²) in [7, 11) is 0. The van der Waals surface area contributed by atoms with E-state index < -0.39 is 0 Å². The standard InChI is InChI=1S/C11H22N2O2/c1-9(2)8-13-6-3-5-12-10(4-7-14)11(13)15/h9-10,12,14H,3-8H2,1-2H3. The van der Waals surface area contributed by atoms with Crippen LogP contribution in [0.5, 0.6) is 0 Å². The zero-order valence-corrected chi connectivity index (χ0v) is 9.70. The number of carbonyl (C=O) groups excluding carboxylic acids is 1. The maximum absolute atomic E-state index is 12.0. The molecule has 0 spiro atoms. The van der Waals surface area contributed by atoms with Crippen LogP contribution in [0.2, 0.25) is 0 Å². The average Bonchev–Trinajstić information content (AvgIpc) is 2.33. The van der Waals surface area contributed by atoms with Gasteiger partial charge in [-0.25, -0.2) is 0 Å². The van der Waals surface area contributed by atoms with Crippen molar-refractivity contribution in [1.29, 1.82) is 0 Å². The molecular formula is C11H22N2O2. The van der Waals surface area contributed by atoms with Gasteiger partial charge < -0.3 is 15.3 Å². The van der Waals surface area contributed by atoms with Gasteiger partial charge in [0.15, 0.2) is 0 Å². The second-order valence-corrected chi connectivity index (χ2v) is 4.55. The molecule has 0 bridgehead atoms. The van der Waals surface area contributed by atoms with Crippen molar-refractivity contribution in [3.05, 3.63) is 0 Å². The number of nitrogens with zero attached hydrogens (tertiary/aromatic N) is 1. The zero-order chi connectivity index (χ0) is 11.3. The molecule has 4 heteroatoms. The van der Waals surface area contributed by atoms with Crippen molar-refractivity contribution in [2.75, 3.05) is 26.2 Å². The van der Waals surface area contributed by atoms with E-state index in [4.69, 9.17) is 5.11 Å². The van der Waals surface area contributed by atoms with Gasteiger partial charge in [0.05, 0.1) is 6.04 Å². The summed E-state index contributed by atoms with van der Waals surface area (Å²) in [5.74, 6) is 0.650. The van der Waals surface area contributed by atoms with E-state index in [0.29, 0.717) is 12.3 Å². The zero-order valence-electron chi connectivity index (χ0n) is 9.70. The normalized spacial score (nSPS) is 23.3. The molecule has 2 N–H and O–H groups in total. The molecule has 1 fully saturated rings. The van der Waals surface area contributed by atoms with E-state index in [2.05, 4.69) is 19.2 Å². The first-order valence-corrected chi connectivity index (χ1v) is 5.78. The molecule has 0 radical (unpaired) electrons. The first-order valence-electron chi connectivity index (χ1n) is 5.78. The molecule has 88 valence electrons. The molecule has 1 amide bonds. The van der Waals surface area contributed by atoms with Crippen LogP contribution in [0.15, 0.2) is 0 Å². The lowest BCUT2D eigenvalue weighted by molar-refractivity contribution is -0.133. The van der Waals surface area contributed by atoms with Gasteiger partial charge in [0.1, 0.15) is 0 Å². The monoisotopic (exact) mass is 214 g/mol. The number of aliphatic hydroxyl groups is 1. The van der Waals surface area contributed by atoms with Crippen LogP contribution in [-0.4, -0.2) is 48.2 Å². The van der Waals surface area contributed by atoms with Gasteiger partial charge in [0.2, 0.25) is 5.91 Å². The Kier molecular flexibility index (Phi) is 5.05. The summed E-state index contributed by atoms with van der Waals surface area (Å²) in [6.45, 7) is 6.83. The van der Waals surface area contributed by atoms with Gasteiger partial charge in [0.25, 0.3) is 0 Å². The highest BCUT2D eigenvalue weighted by Crippen LogP contribution is 2.08. The van der Waals surface area contributed by atoms with Crippen molar-refractivity contribution in [2.45, 2.75) is 32.7 Å². The summed E-state index contributed by atoms with van der Waals surface area (Å²) in [4.78, 5) is 13.9. The lowest BCUT2D eigenvalue weighted by Gasteiger charge is -2.25. The molecule has 1 atom stereocenters. The number of amides is 1. The summed E-state index contributed by atoms with van der Waals surface area (Å²) >= 11 is 0. The quantitative estimate of drug-likeness (QED) is 0.703. The molecule has 1 aliphatic rings. The molecule has 4 nitrogen and oxygen atoms in total. The minimum Gasteiger partial charge on any atom is -0.396 e. The predicted molar refractivity (Wildman–Crippen MR) is 59.5 cm³/mol. The molecular weight excluding hydrogens is 192 g/mol. The third kappa shape index (κ3) is 3.80. The van der Waals surface area contributed by atoms with Gasteiger partial charge in [0, 0.05) is 19.7 Å². The lowest BCUT2D eigenvalue weighted by Crippen LogP contribution is -2.45. The van der Waals surface area contributed by atoms with E-state index in [9.17, 15) is 4.79 Å². The van der Waals surface area contributed by atoms with Crippen LogP contribution < -0.4 is 5.32 Å². The molecule has 0 aromatic heterocycles. The third-order valence-electron chi connectivity index (χ3n) is 2.61. The molecule has 1 saturated heterocycles. The Hall–Kier alpha value is -0.610. The molecule has 15 heavy (non-hydrogen) atoms. The molecule has 1 unspecified atom stereocenters. The molecule has 0 aromatic rings. The van der Waals surface area contributed by atoms with Crippen LogP contribution in [0.25, 0.3) is 0 Å². The van der Waals surface area contributed by atoms with E-state index in [1.807, 2.05) is 4.90 Å². The molecule has 1 heterocycles. The van der Waals surface area contributed by atoms with Crippen molar-refractivity contribution in [1.82, 2.24) is 10.2 Å². The SMILES string of the molecule is CC(C)CN1CCCNC(CCO)C1=O. The van der Waals surface area contributed by atoms with E-state index in [-0.39, 0.29) is 18.6 Å². The number of nitrogens with one attached hydrogen (secondary N) is 1. The molecule has 0 saturated carbocycles. The summed E-state index contributed by atoms with van der Waals surface area (Å²) in [5.41, 5.74) is 0. The highest BCUT2D eigenvalue weighted by molar-refractivity contribution is 5.82. The largest absolute Gasteiger partial charge is 0.396 e. The highest BCUT2D eigenvalue weighted by Gasteiger charge is 2.26. The highest BCUT2D eigenvalue weighted by atomic mass is 16.3. The number of rotatable bonds is 4. The number of carbonyl (C=O) groups is 1. The van der Waals surface area contributed by atoms with E-state index >= 15 is 0 Å². The number of aliphatic hydroxyl groups excluding tert-OH is 1. The summed E-state index contributed by atoms with van der Waals surface area (Å²) < 4.78 is 0. The average molecular weight is 214 g/mol. The van der Waals surface area contributed by atoms with Gasteiger partial charge in [-0.2, -0.15) is 0 Å². The van der Waals surface area contributed by atoms with Gasteiger partial charge >= 0.3 is 0 Å². The van der Waals surface area contributed by atoms with E-state index in [0.717, 1.165) is 26.1 Å². The van der Waals surface area contributed by atoms with Crippen LogP contribution in [0.3, 0.4) is 0 Å². The Morgan fingerprint density at radius 1 is 1.60 bits per heavy atom. The Balaban J connectivity index is 2.57. The molecule has 0 aliphatic carbocycles. The maximum atomic E-state index is 12.0. The van der Waals surface area contributed by atoms with E-state index in [1.54, 1.807) is 0 Å². The van der Waals surface area contributed by atoms with Crippen LogP contribution in [0.4, 0.5) is 0 Å². The predicted octanol–water partition coefficient (Wildman–Crippen LogP) is 0.215. The van der Waals surface area contributed by atoms with Crippen LogP contribution in [0.1, 0.15) is 26.7 Å². The van der Waals surface area contributed by atoms with Crippen molar-refractivity contribution < 1.29 is 9.90 Å². The topological polar surface area (TPSA) is 52.6 Å². The fraction of sp³-hybridized carbons (Fsp3) is 0.909. The molecule has 0 aromatic carbocycles. The van der Waals surface area contributed by atoms with Crippen molar-refractivity contribution >= 4 is 5.91 Å². The van der Waals surface area contributed by atoms with E-state index in [1.165, 1.54) is 0 Å². The molecule has 1 aliphatic heterocycles. The second-order valence-electron chi connectivity index (χ2n) is 4.55. The minimum atomic E-state index is -0.184. The Bertz CT molecular complexity index is 207. The minimum absolute atomic E-state index is 0.0684. The number of hydrogen-bond acceptors (Lipinski definition) is 3. The Morgan fingerprint density at radius 2 is 2.33 bits per heavy atom. The van der Waals surface area contributed by atoms with Gasteiger partial charge in [-0.05, 0) is 25.3 Å². The number of hydrogen-bond donors (Lipinski definition) is 2. The fourth-order valence-corrected chi connectivity index (χ4v) is 1.94. The lowest BCUT2D eigenvalue weighted by atomic mass is 10.1. The van der Waals surface area contributed by atoms with Gasteiger partial charge in [-0.3, -0.25) is 4.79 Å². The first-order chi connectivity index (χ1) is 7.15. The summed E-state index contributed by atoms with van der Waals surface area (Å²) in [5, 5.41) is 12.1. The van der Waals surface area contributed by atoms with Crippen molar-refractivity contribution in [3.63, 3.8) is 0 Å². The fourth-order valence-electron chi connectivity index (χ4n) is 1.94. The van der Waals surface area contributed by atoms with Crippen molar-refractivity contribution in [3.8, 4) is 0 Å². The molecule has 1 rings (SSSR count). The maximum Gasteiger partial charge on any atom is 0.239 e. The third-order valence-corrected chi connectivity index (χ3v) is 2.61. The van der Waals surface area contributed by atoms with Gasteiger partial charge in [-0.15, -0.1) is 0 Å². The van der Waals surface area contributed by atoms with Crippen LogP contribution in [0, 0.1) is 5.92 Å². The second kappa shape index (κ2) is 6.08. The first kappa shape index (κ1) is 12.5. The Morgan fingerprint density at radius 3 is 2.93 bits per heavy atom. The van der Waals surface area contributed by atoms with Crippen LogP contribution in [-0.2, 0) is 4.79 Å².